The third kappa shape index (κ3) is 5.51. The van der Waals surface area contributed by atoms with E-state index in [0.717, 1.165) is 22.7 Å². The summed E-state index contributed by atoms with van der Waals surface area (Å²) in [5, 5.41) is 3.46. The average molecular weight is 313 g/mol. The third-order valence-electron chi connectivity index (χ3n) is 3.26. The van der Waals surface area contributed by atoms with Crippen molar-refractivity contribution in [2.45, 2.75) is 40.3 Å². The van der Waals surface area contributed by atoms with E-state index in [1.54, 1.807) is 0 Å². The zero-order chi connectivity index (χ0) is 16.7. The Morgan fingerprint density at radius 3 is 2.22 bits per heavy atom. The summed E-state index contributed by atoms with van der Waals surface area (Å²) < 4.78 is 11.8. The largest absolute Gasteiger partial charge is 0.491 e. The summed E-state index contributed by atoms with van der Waals surface area (Å²) >= 11 is 0. The Labute approximate surface area is 139 Å². The van der Waals surface area contributed by atoms with Gasteiger partial charge in [-0.1, -0.05) is 44.2 Å². The van der Waals surface area contributed by atoms with E-state index in [4.69, 9.17) is 9.47 Å². The van der Waals surface area contributed by atoms with Gasteiger partial charge in [-0.25, -0.2) is 0 Å². The number of hydrogen-bond acceptors (Lipinski definition) is 3. The van der Waals surface area contributed by atoms with E-state index >= 15 is 0 Å². The Balaban J connectivity index is 2.06. The Hall–Kier alpha value is -2.16. The highest BCUT2D eigenvalue weighted by Crippen LogP contribution is 2.26. The van der Waals surface area contributed by atoms with Crippen LogP contribution in [0.5, 0.6) is 11.5 Å². The fraction of sp³-hybridized carbons (Fsp3) is 0.400. The van der Waals surface area contributed by atoms with Crippen LogP contribution in [0.1, 0.15) is 33.3 Å². The maximum Gasteiger partial charge on any atom is 0.142 e. The fourth-order valence-electron chi connectivity index (χ4n) is 2.20. The average Bonchev–Trinajstić information content (AvgIpc) is 2.52. The minimum atomic E-state index is 0.165. The molecule has 0 aliphatic heterocycles. The number of para-hydroxylation sites is 3. The zero-order valence-electron chi connectivity index (χ0n) is 14.5. The summed E-state index contributed by atoms with van der Waals surface area (Å²) in [6.07, 6.45) is 0.165. The first-order valence-electron chi connectivity index (χ1n) is 8.26. The first-order valence-corrected chi connectivity index (χ1v) is 8.26. The lowest BCUT2D eigenvalue weighted by atomic mass is 10.2. The fourth-order valence-corrected chi connectivity index (χ4v) is 2.20. The monoisotopic (exact) mass is 313 g/mol. The van der Waals surface area contributed by atoms with Crippen LogP contribution < -0.4 is 14.8 Å². The number of benzene rings is 2. The molecule has 0 saturated carbocycles. The van der Waals surface area contributed by atoms with Crippen LogP contribution in [0.25, 0.3) is 0 Å². The van der Waals surface area contributed by atoms with E-state index in [2.05, 4.69) is 25.2 Å². The highest BCUT2D eigenvalue weighted by molar-refractivity contribution is 5.56. The van der Waals surface area contributed by atoms with Crippen LogP contribution in [0.3, 0.4) is 0 Å². The van der Waals surface area contributed by atoms with Crippen molar-refractivity contribution in [2.75, 3.05) is 11.9 Å². The van der Waals surface area contributed by atoms with Crippen molar-refractivity contribution < 1.29 is 9.47 Å². The second-order valence-electron chi connectivity index (χ2n) is 6.33. The molecule has 0 bridgehead atoms. The SMILES string of the molecule is CC(C)COc1ccccc1NCc1ccccc1OC(C)C. The first kappa shape index (κ1) is 17.2. The Kier molecular flexibility index (Phi) is 6.33. The summed E-state index contributed by atoms with van der Waals surface area (Å²) in [6.45, 7) is 9.79. The molecule has 0 radical (unpaired) electrons. The van der Waals surface area contributed by atoms with Crippen molar-refractivity contribution in [1.29, 1.82) is 0 Å². The van der Waals surface area contributed by atoms with Gasteiger partial charge in [0.15, 0.2) is 0 Å². The quantitative estimate of drug-likeness (QED) is 0.733. The Morgan fingerprint density at radius 1 is 0.870 bits per heavy atom. The summed E-state index contributed by atoms with van der Waals surface area (Å²) in [5.41, 5.74) is 2.15. The van der Waals surface area contributed by atoms with E-state index in [1.807, 2.05) is 56.3 Å². The molecule has 0 heterocycles. The molecular formula is C20H27NO2. The predicted molar refractivity (Wildman–Crippen MR) is 96.3 cm³/mol. The molecule has 0 saturated heterocycles. The van der Waals surface area contributed by atoms with E-state index in [9.17, 15) is 0 Å². The Bertz CT molecular complexity index is 608. The van der Waals surface area contributed by atoms with Gasteiger partial charge in [-0.05, 0) is 38.0 Å². The second-order valence-corrected chi connectivity index (χ2v) is 6.33. The van der Waals surface area contributed by atoms with Gasteiger partial charge in [-0.2, -0.15) is 0 Å². The molecule has 3 nitrogen and oxygen atoms in total. The van der Waals surface area contributed by atoms with Gasteiger partial charge in [0.25, 0.3) is 0 Å². The highest BCUT2D eigenvalue weighted by atomic mass is 16.5. The molecule has 23 heavy (non-hydrogen) atoms. The molecule has 2 aromatic rings. The van der Waals surface area contributed by atoms with Gasteiger partial charge in [-0.3, -0.25) is 0 Å². The smallest absolute Gasteiger partial charge is 0.142 e. The van der Waals surface area contributed by atoms with Crippen molar-refractivity contribution in [3.8, 4) is 11.5 Å². The van der Waals surface area contributed by atoms with E-state index in [-0.39, 0.29) is 6.10 Å². The maximum atomic E-state index is 5.89. The van der Waals surface area contributed by atoms with Crippen molar-refractivity contribution in [1.82, 2.24) is 0 Å². The molecule has 3 heteroatoms. The van der Waals surface area contributed by atoms with E-state index in [1.165, 1.54) is 0 Å². The van der Waals surface area contributed by atoms with Gasteiger partial charge in [-0.15, -0.1) is 0 Å². The number of nitrogens with one attached hydrogen (secondary N) is 1. The number of hydrogen-bond donors (Lipinski definition) is 1. The van der Waals surface area contributed by atoms with Crippen LogP contribution in [0.2, 0.25) is 0 Å². The molecule has 0 aliphatic rings. The summed E-state index contributed by atoms with van der Waals surface area (Å²) in [5.74, 6) is 2.32. The number of ether oxygens (including phenoxy) is 2. The van der Waals surface area contributed by atoms with Crippen LogP contribution in [-0.4, -0.2) is 12.7 Å². The maximum absolute atomic E-state index is 5.89. The molecule has 0 atom stereocenters. The van der Waals surface area contributed by atoms with E-state index in [0.29, 0.717) is 19.1 Å². The molecule has 0 fully saturated rings. The van der Waals surface area contributed by atoms with Crippen molar-refractivity contribution in [2.24, 2.45) is 5.92 Å². The summed E-state index contributed by atoms with van der Waals surface area (Å²) in [7, 11) is 0. The number of rotatable bonds is 8. The van der Waals surface area contributed by atoms with E-state index < -0.39 is 0 Å². The van der Waals surface area contributed by atoms with Crippen LogP contribution in [0.15, 0.2) is 48.5 Å². The van der Waals surface area contributed by atoms with Crippen molar-refractivity contribution in [3.63, 3.8) is 0 Å². The summed E-state index contributed by atoms with van der Waals surface area (Å²) in [6, 6.07) is 16.2. The lowest BCUT2D eigenvalue weighted by molar-refractivity contribution is 0.240. The molecule has 0 unspecified atom stereocenters. The predicted octanol–water partition coefficient (Wildman–Crippen LogP) is 5.12. The van der Waals surface area contributed by atoms with Crippen LogP contribution >= 0.6 is 0 Å². The topological polar surface area (TPSA) is 30.5 Å². The molecule has 1 N–H and O–H groups in total. The molecular weight excluding hydrogens is 286 g/mol. The van der Waals surface area contributed by atoms with Gasteiger partial charge in [0.1, 0.15) is 11.5 Å². The zero-order valence-corrected chi connectivity index (χ0v) is 14.5. The van der Waals surface area contributed by atoms with Gasteiger partial charge >= 0.3 is 0 Å². The summed E-state index contributed by atoms with van der Waals surface area (Å²) in [4.78, 5) is 0. The molecule has 0 aliphatic carbocycles. The van der Waals surface area contributed by atoms with Gasteiger partial charge in [0.2, 0.25) is 0 Å². The molecule has 2 aromatic carbocycles. The molecule has 0 aromatic heterocycles. The first-order chi connectivity index (χ1) is 11.1. The normalized spacial score (nSPS) is 10.9. The molecule has 124 valence electrons. The van der Waals surface area contributed by atoms with Gasteiger partial charge in [0.05, 0.1) is 18.4 Å². The Morgan fingerprint density at radius 2 is 1.52 bits per heavy atom. The molecule has 2 rings (SSSR count). The van der Waals surface area contributed by atoms with Crippen LogP contribution in [0.4, 0.5) is 5.69 Å². The van der Waals surface area contributed by atoms with Crippen LogP contribution in [-0.2, 0) is 6.54 Å². The second kappa shape index (κ2) is 8.47. The minimum Gasteiger partial charge on any atom is -0.491 e. The molecule has 0 spiro atoms. The standard InChI is InChI=1S/C20H27NO2/c1-15(2)14-22-20-12-8-6-10-18(20)21-13-17-9-5-7-11-19(17)23-16(3)4/h5-12,15-16,21H,13-14H2,1-4H3. The van der Waals surface area contributed by atoms with Gasteiger partial charge in [0, 0.05) is 12.1 Å². The lowest BCUT2D eigenvalue weighted by Crippen LogP contribution is -2.10. The van der Waals surface area contributed by atoms with Crippen molar-refractivity contribution >= 4 is 5.69 Å². The highest BCUT2D eigenvalue weighted by Gasteiger charge is 2.07. The lowest BCUT2D eigenvalue weighted by Gasteiger charge is -2.17. The number of anilines is 1. The third-order valence-corrected chi connectivity index (χ3v) is 3.26. The van der Waals surface area contributed by atoms with Crippen LogP contribution in [0, 0.1) is 5.92 Å². The minimum absolute atomic E-state index is 0.165. The molecule has 0 amide bonds. The van der Waals surface area contributed by atoms with Gasteiger partial charge < -0.3 is 14.8 Å². The van der Waals surface area contributed by atoms with Crippen molar-refractivity contribution in [3.05, 3.63) is 54.1 Å².